The zero-order valence-corrected chi connectivity index (χ0v) is 19.4. The molecule has 0 heterocycles. The highest BCUT2D eigenvalue weighted by Gasteiger charge is 2.12. The Morgan fingerprint density at radius 3 is 2.67 bits per heavy atom. The van der Waals surface area contributed by atoms with E-state index in [0.29, 0.717) is 12.0 Å². The molecule has 5 nitrogen and oxygen atoms in total. The van der Waals surface area contributed by atoms with Crippen molar-refractivity contribution in [3.05, 3.63) is 58.6 Å². The van der Waals surface area contributed by atoms with E-state index in [1.807, 2.05) is 43.3 Å². The van der Waals surface area contributed by atoms with Crippen molar-refractivity contribution in [2.24, 2.45) is 0 Å². The number of hydrogen-bond acceptors (Lipinski definition) is 6. The minimum atomic E-state index is -0.107. The molecule has 1 atom stereocenters. The van der Waals surface area contributed by atoms with Gasteiger partial charge in [-0.1, -0.05) is 29.8 Å². The first-order valence-corrected chi connectivity index (χ1v) is 11.3. The number of halogens is 1. The second kappa shape index (κ2) is 13.7. The highest BCUT2D eigenvalue weighted by Crippen LogP contribution is 2.29. The first kappa shape index (κ1) is 24.7. The van der Waals surface area contributed by atoms with Gasteiger partial charge in [-0.25, -0.2) is 4.72 Å². The summed E-state index contributed by atoms with van der Waals surface area (Å²) in [5.41, 5.74) is 1.86. The molecule has 164 valence electrons. The lowest BCUT2D eigenvalue weighted by Gasteiger charge is -2.14. The first-order valence-electron chi connectivity index (χ1n) is 10.2. The Morgan fingerprint density at radius 1 is 1.13 bits per heavy atom. The van der Waals surface area contributed by atoms with Gasteiger partial charge in [-0.3, -0.25) is 4.79 Å². The van der Waals surface area contributed by atoms with Crippen LogP contribution in [-0.2, 0) is 11.2 Å². The molecule has 0 radical (unpaired) electrons. The van der Waals surface area contributed by atoms with Crippen LogP contribution in [0.5, 0.6) is 5.75 Å². The van der Waals surface area contributed by atoms with Gasteiger partial charge in [0.05, 0.1) is 12.0 Å². The molecule has 30 heavy (non-hydrogen) atoms. The van der Waals surface area contributed by atoms with E-state index in [1.54, 1.807) is 14.2 Å². The molecule has 2 rings (SSSR count). The van der Waals surface area contributed by atoms with E-state index in [-0.39, 0.29) is 12.0 Å². The van der Waals surface area contributed by atoms with Crippen molar-refractivity contribution in [1.29, 1.82) is 0 Å². The Balaban J connectivity index is 1.71. The SMILES string of the molecule is COc1ccc(C(=O)CCCCNCCc2ccccc2Cl)cc1SNC(C)OC. The van der Waals surface area contributed by atoms with Crippen LogP contribution in [-0.4, -0.2) is 39.3 Å². The van der Waals surface area contributed by atoms with Crippen LogP contribution in [0.25, 0.3) is 0 Å². The summed E-state index contributed by atoms with van der Waals surface area (Å²) >= 11 is 7.57. The van der Waals surface area contributed by atoms with Crippen LogP contribution in [0.4, 0.5) is 0 Å². The monoisotopic (exact) mass is 450 g/mol. The number of rotatable bonds is 14. The molecule has 2 aromatic carbocycles. The molecule has 0 aliphatic heterocycles. The number of carbonyl (C=O) groups is 1. The number of nitrogens with one attached hydrogen (secondary N) is 2. The van der Waals surface area contributed by atoms with Crippen LogP contribution in [0, 0.1) is 0 Å². The van der Waals surface area contributed by atoms with Crippen molar-refractivity contribution in [2.75, 3.05) is 27.3 Å². The third-order valence-electron chi connectivity index (χ3n) is 4.71. The fraction of sp³-hybridized carbons (Fsp3) is 0.435. The van der Waals surface area contributed by atoms with Gasteiger partial charge in [0, 0.05) is 24.1 Å². The normalized spacial score (nSPS) is 12.0. The van der Waals surface area contributed by atoms with Crippen molar-refractivity contribution in [3.63, 3.8) is 0 Å². The van der Waals surface area contributed by atoms with Gasteiger partial charge in [-0.15, -0.1) is 0 Å². The van der Waals surface area contributed by atoms with E-state index in [0.717, 1.165) is 53.6 Å². The Kier molecular flexibility index (Phi) is 11.3. The van der Waals surface area contributed by atoms with E-state index >= 15 is 0 Å². The van der Waals surface area contributed by atoms with Crippen molar-refractivity contribution in [2.45, 2.75) is 43.7 Å². The lowest BCUT2D eigenvalue weighted by molar-refractivity contribution is 0.0979. The van der Waals surface area contributed by atoms with Crippen LogP contribution in [0.3, 0.4) is 0 Å². The maximum Gasteiger partial charge on any atom is 0.162 e. The molecular weight excluding hydrogens is 420 g/mol. The predicted molar refractivity (Wildman–Crippen MR) is 125 cm³/mol. The Morgan fingerprint density at radius 2 is 1.93 bits per heavy atom. The highest BCUT2D eigenvalue weighted by molar-refractivity contribution is 7.97. The number of Topliss-reactive ketones (excluding diaryl/α,β-unsaturated/α-hetero) is 1. The largest absolute Gasteiger partial charge is 0.496 e. The van der Waals surface area contributed by atoms with E-state index in [2.05, 4.69) is 16.1 Å². The molecule has 0 spiro atoms. The zero-order chi connectivity index (χ0) is 21.8. The quantitative estimate of drug-likeness (QED) is 0.180. The Labute approximate surface area is 189 Å². The third kappa shape index (κ3) is 8.28. The van der Waals surface area contributed by atoms with Crippen LogP contribution in [0.15, 0.2) is 47.4 Å². The minimum Gasteiger partial charge on any atom is -0.496 e. The molecule has 0 aliphatic carbocycles. The maximum atomic E-state index is 12.6. The third-order valence-corrected chi connectivity index (χ3v) is 6.07. The fourth-order valence-corrected chi connectivity index (χ4v) is 3.91. The summed E-state index contributed by atoms with van der Waals surface area (Å²) in [6, 6.07) is 13.5. The van der Waals surface area contributed by atoms with Gasteiger partial charge in [0.25, 0.3) is 0 Å². The maximum absolute atomic E-state index is 12.6. The Hall–Kier alpha value is -1.57. The topological polar surface area (TPSA) is 59.6 Å². The molecule has 0 bridgehead atoms. The standard InChI is InChI=1S/C23H31ClN2O3S/c1-17(28-2)26-30-23-16-19(11-12-22(23)29-3)21(27)10-6-7-14-25-15-13-18-8-4-5-9-20(18)24/h4-5,8-9,11-12,16-17,25-26H,6-7,10,13-15H2,1-3H3. The molecule has 0 saturated heterocycles. The molecule has 0 amide bonds. The van der Waals surface area contributed by atoms with Crippen LogP contribution in [0.1, 0.15) is 42.1 Å². The van der Waals surface area contributed by atoms with Crippen LogP contribution >= 0.6 is 23.5 Å². The number of hydrogen-bond donors (Lipinski definition) is 2. The summed E-state index contributed by atoms with van der Waals surface area (Å²) in [4.78, 5) is 13.4. The minimum absolute atomic E-state index is 0.107. The van der Waals surface area contributed by atoms with Gasteiger partial charge in [0.1, 0.15) is 12.0 Å². The van der Waals surface area contributed by atoms with Crippen LogP contribution in [0.2, 0.25) is 5.02 Å². The van der Waals surface area contributed by atoms with Gasteiger partial charge in [-0.05, 0) is 81.1 Å². The summed E-state index contributed by atoms with van der Waals surface area (Å²) in [6.07, 6.45) is 3.14. The molecular formula is C23H31ClN2O3S. The van der Waals surface area contributed by atoms with E-state index in [9.17, 15) is 4.79 Å². The molecule has 2 aromatic rings. The van der Waals surface area contributed by atoms with Gasteiger partial charge in [0.15, 0.2) is 5.78 Å². The van der Waals surface area contributed by atoms with Gasteiger partial charge in [-0.2, -0.15) is 0 Å². The Bertz CT molecular complexity index is 804. The number of methoxy groups -OCH3 is 2. The second-order valence-electron chi connectivity index (χ2n) is 6.94. The number of unbranched alkanes of at least 4 members (excludes halogenated alkanes) is 1. The second-order valence-corrected chi connectivity index (χ2v) is 8.22. The zero-order valence-electron chi connectivity index (χ0n) is 17.9. The number of benzene rings is 2. The average molecular weight is 451 g/mol. The molecule has 0 fully saturated rings. The van der Waals surface area contributed by atoms with Crippen molar-refractivity contribution >= 4 is 29.3 Å². The molecule has 0 saturated carbocycles. The molecule has 2 N–H and O–H groups in total. The average Bonchev–Trinajstić information content (AvgIpc) is 2.77. The number of carbonyl (C=O) groups excluding carboxylic acids is 1. The smallest absolute Gasteiger partial charge is 0.162 e. The number of ether oxygens (including phenoxy) is 2. The van der Waals surface area contributed by atoms with Gasteiger partial charge < -0.3 is 14.8 Å². The summed E-state index contributed by atoms with van der Waals surface area (Å²) in [7, 11) is 3.26. The van der Waals surface area contributed by atoms with E-state index in [1.165, 1.54) is 11.9 Å². The van der Waals surface area contributed by atoms with Crippen molar-refractivity contribution in [3.8, 4) is 5.75 Å². The lowest BCUT2D eigenvalue weighted by atomic mass is 10.1. The summed E-state index contributed by atoms with van der Waals surface area (Å²) in [5, 5.41) is 4.24. The molecule has 7 heteroatoms. The first-order chi connectivity index (χ1) is 14.5. The van der Waals surface area contributed by atoms with Crippen LogP contribution < -0.4 is 14.8 Å². The fourth-order valence-electron chi connectivity index (χ4n) is 2.85. The molecule has 0 aromatic heterocycles. The summed E-state index contributed by atoms with van der Waals surface area (Å²) in [5.74, 6) is 0.880. The summed E-state index contributed by atoms with van der Waals surface area (Å²) in [6.45, 7) is 3.68. The van der Waals surface area contributed by atoms with Gasteiger partial charge >= 0.3 is 0 Å². The van der Waals surface area contributed by atoms with Gasteiger partial charge in [0.2, 0.25) is 0 Å². The number of ketones is 1. The molecule has 1 unspecified atom stereocenters. The summed E-state index contributed by atoms with van der Waals surface area (Å²) < 4.78 is 13.8. The van der Waals surface area contributed by atoms with Crippen molar-refractivity contribution in [1.82, 2.24) is 10.0 Å². The predicted octanol–water partition coefficient (Wildman–Crippen LogP) is 5.12. The van der Waals surface area contributed by atoms with E-state index < -0.39 is 0 Å². The lowest BCUT2D eigenvalue weighted by Crippen LogP contribution is -2.20. The molecule has 0 aliphatic rings. The highest BCUT2D eigenvalue weighted by atomic mass is 35.5. The van der Waals surface area contributed by atoms with Crippen molar-refractivity contribution < 1.29 is 14.3 Å². The van der Waals surface area contributed by atoms with E-state index in [4.69, 9.17) is 21.1 Å².